The molecule has 0 radical (unpaired) electrons. The van der Waals surface area contributed by atoms with Gasteiger partial charge in [0.15, 0.2) is 0 Å². The summed E-state index contributed by atoms with van der Waals surface area (Å²) in [7, 11) is 0. The van der Waals surface area contributed by atoms with Crippen molar-refractivity contribution in [2.45, 2.75) is 13.8 Å². The van der Waals surface area contributed by atoms with Crippen molar-refractivity contribution < 1.29 is 29.3 Å². The number of esters is 2. The molecule has 0 unspecified atom stereocenters. The Morgan fingerprint density at radius 1 is 0.781 bits per heavy atom. The summed E-state index contributed by atoms with van der Waals surface area (Å²) in [6.07, 6.45) is 1.62. The Kier molecular flexibility index (Phi) is 6.75. The number of carbonyl (C=O) groups is 2. The summed E-state index contributed by atoms with van der Waals surface area (Å²) >= 11 is 0. The molecule has 0 aliphatic heterocycles. The quantitative estimate of drug-likeness (QED) is 0.315. The fourth-order valence-corrected chi connectivity index (χ4v) is 2.82. The lowest BCUT2D eigenvalue weighted by atomic mass is 9.98. The van der Waals surface area contributed by atoms with Crippen LogP contribution in [0.25, 0.3) is 17.2 Å². The van der Waals surface area contributed by atoms with Gasteiger partial charge in [0.05, 0.1) is 0 Å². The van der Waals surface area contributed by atoms with Crippen molar-refractivity contribution in [3.05, 3.63) is 90.0 Å². The molecule has 0 saturated heterocycles. The van der Waals surface area contributed by atoms with Gasteiger partial charge in [0.1, 0.15) is 23.0 Å². The van der Waals surface area contributed by atoms with Crippen LogP contribution < -0.4 is 9.47 Å². The highest BCUT2D eigenvalue weighted by atomic mass is 16.5. The normalized spacial score (nSPS) is 11.0. The number of rotatable bonds is 6. The minimum Gasteiger partial charge on any atom is -0.508 e. The zero-order valence-electron chi connectivity index (χ0n) is 17.7. The summed E-state index contributed by atoms with van der Waals surface area (Å²) in [5.41, 5.74) is 2.80. The summed E-state index contributed by atoms with van der Waals surface area (Å²) in [4.78, 5) is 24.1. The van der Waals surface area contributed by atoms with Crippen LogP contribution in [0.4, 0.5) is 0 Å². The van der Waals surface area contributed by atoms with Gasteiger partial charge in [-0.15, -0.1) is 0 Å². The van der Waals surface area contributed by atoms with E-state index < -0.39 is 11.9 Å². The van der Waals surface area contributed by atoms with Crippen molar-refractivity contribution in [3.63, 3.8) is 0 Å². The third-order valence-corrected chi connectivity index (χ3v) is 4.50. The van der Waals surface area contributed by atoms with Gasteiger partial charge in [-0.3, -0.25) is 0 Å². The van der Waals surface area contributed by atoms with E-state index in [-0.39, 0.29) is 22.8 Å². The van der Waals surface area contributed by atoms with E-state index >= 15 is 0 Å². The second-order valence-corrected chi connectivity index (χ2v) is 7.18. The number of hydrogen-bond donors (Lipinski definition) is 2. The van der Waals surface area contributed by atoms with Crippen LogP contribution in [0.1, 0.15) is 19.4 Å². The predicted molar refractivity (Wildman–Crippen MR) is 121 cm³/mol. The van der Waals surface area contributed by atoms with Gasteiger partial charge in [0.25, 0.3) is 0 Å². The van der Waals surface area contributed by atoms with Crippen LogP contribution in [0.2, 0.25) is 0 Å². The van der Waals surface area contributed by atoms with Gasteiger partial charge in [-0.25, -0.2) is 9.59 Å². The molecule has 162 valence electrons. The molecule has 32 heavy (non-hydrogen) atoms. The maximum atomic E-state index is 12.6. The highest BCUT2D eigenvalue weighted by Gasteiger charge is 2.12. The van der Waals surface area contributed by atoms with Gasteiger partial charge in [-0.1, -0.05) is 24.8 Å². The number of benzene rings is 3. The largest absolute Gasteiger partial charge is 0.508 e. The lowest BCUT2D eigenvalue weighted by molar-refractivity contribution is -0.131. The summed E-state index contributed by atoms with van der Waals surface area (Å²) in [6, 6.07) is 17.5. The van der Waals surface area contributed by atoms with Gasteiger partial charge in [0, 0.05) is 11.1 Å². The van der Waals surface area contributed by atoms with Gasteiger partial charge in [0.2, 0.25) is 0 Å². The smallest absolute Gasteiger partial charge is 0.339 e. The van der Waals surface area contributed by atoms with Crippen LogP contribution in [-0.2, 0) is 9.59 Å². The summed E-state index contributed by atoms with van der Waals surface area (Å²) in [5, 5.41) is 19.4. The highest BCUT2D eigenvalue weighted by Crippen LogP contribution is 2.30. The Morgan fingerprint density at radius 2 is 1.31 bits per heavy atom. The molecule has 2 N–H and O–H groups in total. The van der Waals surface area contributed by atoms with Crippen LogP contribution in [0.5, 0.6) is 23.0 Å². The Labute approximate surface area is 185 Å². The molecule has 0 fully saturated rings. The molecule has 0 saturated carbocycles. The van der Waals surface area contributed by atoms with Crippen molar-refractivity contribution in [2.75, 3.05) is 0 Å². The average Bonchev–Trinajstić information content (AvgIpc) is 2.76. The molecule has 0 atom stereocenters. The molecule has 6 nitrogen and oxygen atoms in total. The summed E-state index contributed by atoms with van der Waals surface area (Å²) in [5.74, 6) is -0.318. The molecule has 3 rings (SSSR count). The van der Waals surface area contributed by atoms with Crippen LogP contribution in [-0.4, -0.2) is 22.2 Å². The first-order chi connectivity index (χ1) is 15.2. The van der Waals surface area contributed by atoms with Crippen molar-refractivity contribution in [1.29, 1.82) is 0 Å². The van der Waals surface area contributed by atoms with E-state index in [4.69, 9.17) is 9.47 Å². The van der Waals surface area contributed by atoms with E-state index in [2.05, 4.69) is 6.58 Å². The SMILES string of the molecule is C=C(C)C(=O)Oc1ccc(OC(=O)C(C)=Cc2cc(O)ccc2-c2ccc(O)cc2)cc1. The molecular formula is C26H22O6. The molecule has 0 aromatic heterocycles. The zero-order chi connectivity index (χ0) is 23.3. The van der Waals surface area contributed by atoms with Crippen molar-refractivity contribution >= 4 is 18.0 Å². The first-order valence-corrected chi connectivity index (χ1v) is 9.73. The van der Waals surface area contributed by atoms with Crippen molar-refractivity contribution in [1.82, 2.24) is 0 Å². The maximum absolute atomic E-state index is 12.6. The fraction of sp³-hybridized carbons (Fsp3) is 0.0769. The number of carbonyl (C=O) groups excluding carboxylic acids is 2. The number of hydrogen-bond acceptors (Lipinski definition) is 6. The van der Waals surface area contributed by atoms with E-state index in [0.717, 1.165) is 11.1 Å². The zero-order valence-corrected chi connectivity index (χ0v) is 17.7. The van der Waals surface area contributed by atoms with E-state index in [9.17, 15) is 19.8 Å². The second-order valence-electron chi connectivity index (χ2n) is 7.18. The minimum atomic E-state index is -0.573. The average molecular weight is 430 g/mol. The molecule has 0 aliphatic carbocycles. The van der Waals surface area contributed by atoms with Gasteiger partial charge >= 0.3 is 11.9 Å². The monoisotopic (exact) mass is 430 g/mol. The number of ether oxygens (including phenoxy) is 2. The predicted octanol–water partition coefficient (Wildman–Crippen LogP) is 5.26. The Hall–Kier alpha value is -4.32. The molecular weight excluding hydrogens is 408 g/mol. The standard InChI is InChI=1S/C26H22O6/c1-16(2)25(29)31-22-9-11-23(12-10-22)32-26(30)17(3)14-19-15-21(28)8-13-24(19)18-4-6-20(27)7-5-18/h4-15,27-28H,1H2,2-3H3. The number of phenolic OH excluding ortho intramolecular Hbond substituents is 2. The molecule has 3 aromatic carbocycles. The van der Waals surface area contributed by atoms with Crippen LogP contribution in [0, 0.1) is 0 Å². The minimum absolute atomic E-state index is 0.0554. The summed E-state index contributed by atoms with van der Waals surface area (Å²) in [6.45, 7) is 6.68. The van der Waals surface area contributed by atoms with E-state index in [1.807, 2.05) is 0 Å². The summed E-state index contributed by atoms with van der Waals surface area (Å²) < 4.78 is 10.5. The Morgan fingerprint density at radius 3 is 1.88 bits per heavy atom. The van der Waals surface area contributed by atoms with Crippen LogP contribution in [0.3, 0.4) is 0 Å². The third kappa shape index (κ3) is 5.64. The topological polar surface area (TPSA) is 93.1 Å². The second kappa shape index (κ2) is 9.66. The molecule has 6 heteroatoms. The van der Waals surface area contributed by atoms with E-state index in [1.165, 1.54) is 24.3 Å². The Balaban J connectivity index is 1.78. The third-order valence-electron chi connectivity index (χ3n) is 4.50. The van der Waals surface area contributed by atoms with Gasteiger partial charge in [-0.05, 0) is 85.1 Å². The highest BCUT2D eigenvalue weighted by molar-refractivity contribution is 5.96. The first kappa shape index (κ1) is 22.4. The van der Waals surface area contributed by atoms with E-state index in [1.54, 1.807) is 62.4 Å². The molecule has 0 spiro atoms. The van der Waals surface area contributed by atoms with Gasteiger partial charge in [-0.2, -0.15) is 0 Å². The van der Waals surface area contributed by atoms with Crippen LogP contribution >= 0.6 is 0 Å². The number of phenols is 2. The molecule has 0 amide bonds. The molecule has 3 aromatic rings. The fourth-order valence-electron chi connectivity index (χ4n) is 2.82. The molecule has 0 heterocycles. The first-order valence-electron chi connectivity index (χ1n) is 9.73. The lowest BCUT2D eigenvalue weighted by Crippen LogP contribution is -2.10. The van der Waals surface area contributed by atoms with Crippen molar-refractivity contribution in [2.24, 2.45) is 0 Å². The maximum Gasteiger partial charge on any atom is 0.339 e. The Bertz CT molecular complexity index is 1190. The number of aromatic hydroxyl groups is 2. The molecule has 0 bridgehead atoms. The van der Waals surface area contributed by atoms with Gasteiger partial charge < -0.3 is 19.7 Å². The van der Waals surface area contributed by atoms with Crippen LogP contribution in [0.15, 0.2) is 84.5 Å². The van der Waals surface area contributed by atoms with E-state index in [0.29, 0.717) is 16.9 Å². The van der Waals surface area contributed by atoms with Crippen molar-refractivity contribution in [3.8, 4) is 34.1 Å². The lowest BCUT2D eigenvalue weighted by Gasteiger charge is -2.10. The molecule has 0 aliphatic rings.